The Morgan fingerprint density at radius 2 is 2.40 bits per heavy atom. The minimum atomic E-state index is 0.225. The van der Waals surface area contributed by atoms with Gasteiger partial charge in [-0.25, -0.2) is 0 Å². The molecule has 0 aliphatic carbocycles. The van der Waals surface area contributed by atoms with E-state index in [9.17, 15) is 0 Å². The Hall–Kier alpha value is -0.930. The predicted octanol–water partition coefficient (Wildman–Crippen LogP) is 0.918. The molecule has 0 aromatic carbocycles. The summed E-state index contributed by atoms with van der Waals surface area (Å²) in [6.07, 6.45) is 4.10. The first-order valence-electron chi connectivity index (χ1n) is 5.51. The fourth-order valence-electron chi connectivity index (χ4n) is 2.37. The molecule has 1 N–H and O–H groups in total. The van der Waals surface area contributed by atoms with E-state index >= 15 is 0 Å². The number of hydrogen-bond acceptors (Lipinski definition) is 3. The summed E-state index contributed by atoms with van der Waals surface area (Å²) in [7, 11) is 4.24. The van der Waals surface area contributed by atoms with Crippen molar-refractivity contribution in [3.05, 3.63) is 30.1 Å². The predicted molar refractivity (Wildman–Crippen MR) is 61.8 cm³/mol. The maximum absolute atomic E-state index is 4.40. The molecule has 0 amide bonds. The lowest BCUT2D eigenvalue weighted by Gasteiger charge is -2.28. The molecule has 82 valence electrons. The van der Waals surface area contributed by atoms with E-state index in [1.807, 2.05) is 12.3 Å². The van der Waals surface area contributed by atoms with Crippen LogP contribution in [-0.4, -0.2) is 42.6 Å². The molecule has 15 heavy (non-hydrogen) atoms. The Bertz CT molecular complexity index is 312. The van der Waals surface area contributed by atoms with Crippen molar-refractivity contribution in [2.24, 2.45) is 0 Å². The van der Waals surface area contributed by atoms with Crippen molar-refractivity contribution in [2.45, 2.75) is 18.4 Å². The summed E-state index contributed by atoms with van der Waals surface area (Å²) in [4.78, 5) is 6.78. The van der Waals surface area contributed by atoms with Gasteiger partial charge in [0, 0.05) is 30.4 Å². The monoisotopic (exact) mass is 205 g/mol. The largest absolute Gasteiger partial charge is 0.313 e. The van der Waals surface area contributed by atoms with E-state index in [1.165, 1.54) is 18.7 Å². The fourth-order valence-corrected chi connectivity index (χ4v) is 2.37. The van der Waals surface area contributed by atoms with Gasteiger partial charge in [-0.05, 0) is 39.2 Å². The molecule has 1 aromatic heterocycles. The van der Waals surface area contributed by atoms with Gasteiger partial charge in [0.2, 0.25) is 0 Å². The van der Waals surface area contributed by atoms with Gasteiger partial charge in [-0.15, -0.1) is 0 Å². The second-order valence-electron chi connectivity index (χ2n) is 4.52. The molecule has 1 aliphatic heterocycles. The van der Waals surface area contributed by atoms with Gasteiger partial charge in [0.25, 0.3) is 0 Å². The van der Waals surface area contributed by atoms with Crippen molar-refractivity contribution in [3.63, 3.8) is 0 Å². The summed E-state index contributed by atoms with van der Waals surface area (Å²) >= 11 is 0. The number of hydrogen-bond donors (Lipinski definition) is 1. The first-order chi connectivity index (χ1) is 7.24. The van der Waals surface area contributed by atoms with Crippen molar-refractivity contribution in [2.75, 3.05) is 27.2 Å². The zero-order valence-electron chi connectivity index (χ0n) is 9.53. The summed E-state index contributed by atoms with van der Waals surface area (Å²) in [5.74, 6) is 0. The molecule has 3 heteroatoms. The van der Waals surface area contributed by atoms with Crippen LogP contribution in [0.15, 0.2) is 24.4 Å². The van der Waals surface area contributed by atoms with Crippen LogP contribution in [0.2, 0.25) is 0 Å². The Labute approximate surface area is 91.5 Å². The molecular formula is C12H19N3. The summed E-state index contributed by atoms with van der Waals surface area (Å²) in [6.45, 7) is 2.29. The van der Waals surface area contributed by atoms with Gasteiger partial charge < -0.3 is 10.2 Å². The van der Waals surface area contributed by atoms with Crippen LogP contribution in [-0.2, 0) is 6.42 Å². The fraction of sp³-hybridized carbons (Fsp3) is 0.583. The topological polar surface area (TPSA) is 28.2 Å². The molecule has 0 saturated carbocycles. The van der Waals surface area contributed by atoms with Crippen LogP contribution in [0.5, 0.6) is 0 Å². The van der Waals surface area contributed by atoms with Crippen LogP contribution in [0.4, 0.5) is 0 Å². The van der Waals surface area contributed by atoms with E-state index in [1.54, 1.807) is 0 Å². The van der Waals surface area contributed by atoms with Crippen LogP contribution >= 0.6 is 0 Å². The zero-order valence-corrected chi connectivity index (χ0v) is 9.53. The second kappa shape index (κ2) is 4.29. The van der Waals surface area contributed by atoms with Gasteiger partial charge in [-0.1, -0.05) is 6.07 Å². The molecule has 0 bridgehead atoms. The highest BCUT2D eigenvalue weighted by Crippen LogP contribution is 2.23. The van der Waals surface area contributed by atoms with Gasteiger partial charge in [-0.2, -0.15) is 0 Å². The highest BCUT2D eigenvalue weighted by atomic mass is 15.2. The number of nitrogens with one attached hydrogen (secondary N) is 1. The standard InChI is InChI=1S/C12H19N3/c1-13-12(6-8-15(2)10-12)9-11-5-3-4-7-14-11/h3-5,7,13H,6,8-10H2,1-2H3. The molecule has 3 nitrogen and oxygen atoms in total. The summed E-state index contributed by atoms with van der Waals surface area (Å²) in [5, 5.41) is 3.47. The number of rotatable bonds is 3. The molecule has 1 fully saturated rings. The average Bonchev–Trinajstić information content (AvgIpc) is 2.62. The molecule has 2 rings (SSSR count). The van der Waals surface area contributed by atoms with Gasteiger partial charge >= 0.3 is 0 Å². The minimum absolute atomic E-state index is 0.225. The Kier molecular flexibility index (Phi) is 3.03. The normalized spacial score (nSPS) is 27.1. The van der Waals surface area contributed by atoms with Crippen molar-refractivity contribution >= 4 is 0 Å². The van der Waals surface area contributed by atoms with Gasteiger partial charge in [0.15, 0.2) is 0 Å². The number of pyridine rings is 1. The minimum Gasteiger partial charge on any atom is -0.313 e. The van der Waals surface area contributed by atoms with Crippen molar-refractivity contribution in [1.82, 2.24) is 15.2 Å². The van der Waals surface area contributed by atoms with Crippen molar-refractivity contribution in [3.8, 4) is 0 Å². The van der Waals surface area contributed by atoms with Gasteiger partial charge in [0.05, 0.1) is 0 Å². The van der Waals surface area contributed by atoms with E-state index in [0.29, 0.717) is 0 Å². The summed E-state index contributed by atoms with van der Waals surface area (Å²) in [6, 6.07) is 6.14. The average molecular weight is 205 g/mol. The molecule has 1 aromatic rings. The molecule has 1 unspecified atom stereocenters. The van der Waals surface area contributed by atoms with Gasteiger partial charge in [0.1, 0.15) is 0 Å². The Morgan fingerprint density at radius 3 is 2.93 bits per heavy atom. The highest BCUT2D eigenvalue weighted by Gasteiger charge is 2.35. The van der Waals surface area contributed by atoms with E-state index < -0.39 is 0 Å². The Balaban J connectivity index is 2.09. The third-order valence-corrected chi connectivity index (χ3v) is 3.32. The van der Waals surface area contributed by atoms with Crippen molar-refractivity contribution < 1.29 is 0 Å². The second-order valence-corrected chi connectivity index (χ2v) is 4.52. The van der Waals surface area contributed by atoms with Crippen LogP contribution in [0.3, 0.4) is 0 Å². The van der Waals surface area contributed by atoms with Crippen LogP contribution in [0.1, 0.15) is 12.1 Å². The van der Waals surface area contributed by atoms with Crippen molar-refractivity contribution in [1.29, 1.82) is 0 Å². The SMILES string of the molecule is CNC1(Cc2ccccn2)CCN(C)C1. The van der Waals surface area contributed by atoms with Crippen LogP contribution < -0.4 is 5.32 Å². The molecule has 1 atom stereocenters. The quantitative estimate of drug-likeness (QED) is 0.795. The smallest absolute Gasteiger partial charge is 0.0422 e. The van der Waals surface area contributed by atoms with E-state index in [2.05, 4.69) is 41.4 Å². The zero-order chi connectivity index (χ0) is 10.7. The lowest BCUT2D eigenvalue weighted by atomic mass is 9.92. The molecule has 1 aliphatic rings. The Morgan fingerprint density at radius 1 is 1.53 bits per heavy atom. The molecule has 1 saturated heterocycles. The summed E-state index contributed by atoms with van der Waals surface area (Å²) < 4.78 is 0. The maximum atomic E-state index is 4.40. The number of likely N-dealkylation sites (tertiary alicyclic amines) is 1. The van der Waals surface area contributed by atoms with Crippen LogP contribution in [0.25, 0.3) is 0 Å². The lowest BCUT2D eigenvalue weighted by molar-refractivity contribution is 0.324. The number of aromatic nitrogens is 1. The van der Waals surface area contributed by atoms with Crippen LogP contribution in [0, 0.1) is 0 Å². The number of likely N-dealkylation sites (N-methyl/N-ethyl adjacent to an activating group) is 2. The first kappa shape index (κ1) is 10.6. The number of nitrogens with zero attached hydrogens (tertiary/aromatic N) is 2. The highest BCUT2D eigenvalue weighted by molar-refractivity contribution is 5.11. The molecular weight excluding hydrogens is 186 g/mol. The molecule has 0 spiro atoms. The third-order valence-electron chi connectivity index (χ3n) is 3.32. The van der Waals surface area contributed by atoms with Gasteiger partial charge in [-0.3, -0.25) is 4.98 Å². The first-order valence-corrected chi connectivity index (χ1v) is 5.51. The molecule has 2 heterocycles. The summed E-state index contributed by atoms with van der Waals surface area (Å²) in [5.41, 5.74) is 1.41. The maximum Gasteiger partial charge on any atom is 0.0422 e. The lowest BCUT2D eigenvalue weighted by Crippen LogP contribution is -2.47. The molecule has 0 radical (unpaired) electrons. The van der Waals surface area contributed by atoms with E-state index in [0.717, 1.165) is 13.0 Å². The van der Waals surface area contributed by atoms with E-state index in [-0.39, 0.29) is 5.54 Å². The van der Waals surface area contributed by atoms with E-state index in [4.69, 9.17) is 0 Å². The third kappa shape index (κ3) is 2.36.